The first-order valence-corrected chi connectivity index (χ1v) is 8.34. The van der Waals surface area contributed by atoms with Gasteiger partial charge in [-0.05, 0) is 38.1 Å². The van der Waals surface area contributed by atoms with Crippen molar-refractivity contribution >= 4 is 22.6 Å². The number of hydrogen-bond donors (Lipinski definition) is 1. The summed E-state index contributed by atoms with van der Waals surface area (Å²) in [6.07, 6.45) is 0. The number of rotatable bonds is 6. The van der Waals surface area contributed by atoms with Gasteiger partial charge in [0.2, 0.25) is 5.95 Å². The molecule has 0 saturated carbocycles. The Morgan fingerprint density at radius 1 is 1.26 bits per heavy atom. The van der Waals surface area contributed by atoms with Crippen molar-refractivity contribution in [3.63, 3.8) is 0 Å². The summed E-state index contributed by atoms with van der Waals surface area (Å²) in [5, 5.41) is 4.77. The molecule has 6 nitrogen and oxygen atoms in total. The molecule has 3 aromatic rings. The molecule has 1 heterocycles. The second-order valence-electron chi connectivity index (χ2n) is 5.72. The lowest BCUT2D eigenvalue weighted by molar-refractivity contribution is -0.0498. The third-order valence-electron chi connectivity index (χ3n) is 3.98. The lowest BCUT2D eigenvalue weighted by Crippen LogP contribution is -2.23. The first-order valence-electron chi connectivity index (χ1n) is 8.34. The van der Waals surface area contributed by atoms with E-state index in [4.69, 9.17) is 0 Å². The van der Waals surface area contributed by atoms with Gasteiger partial charge in [0.05, 0.1) is 16.6 Å². The van der Waals surface area contributed by atoms with Gasteiger partial charge in [-0.25, -0.2) is 10.4 Å². The molecule has 0 atom stereocenters. The van der Waals surface area contributed by atoms with Crippen LogP contribution >= 0.6 is 0 Å². The molecule has 0 bridgehead atoms. The van der Waals surface area contributed by atoms with E-state index in [0.29, 0.717) is 34.7 Å². The molecule has 2 aromatic carbocycles. The van der Waals surface area contributed by atoms with E-state index in [0.717, 1.165) is 0 Å². The maximum Gasteiger partial charge on any atom is 0.387 e. The molecule has 1 N–H and O–H groups in total. The van der Waals surface area contributed by atoms with Gasteiger partial charge in [-0.1, -0.05) is 24.3 Å². The monoisotopic (exact) mass is 372 g/mol. The molecule has 0 spiro atoms. The number of hydrogen-bond acceptors (Lipinski definition) is 5. The Labute approximate surface area is 154 Å². The van der Waals surface area contributed by atoms with Crippen molar-refractivity contribution in [1.29, 1.82) is 0 Å². The zero-order valence-electron chi connectivity index (χ0n) is 14.8. The Kier molecular flexibility index (Phi) is 5.44. The number of ether oxygens (including phenoxy) is 1. The summed E-state index contributed by atoms with van der Waals surface area (Å²) in [7, 11) is 0. The molecule has 1 aromatic heterocycles. The van der Waals surface area contributed by atoms with Crippen LogP contribution in [0.1, 0.15) is 19.4 Å². The molecule has 0 amide bonds. The first kappa shape index (κ1) is 18.5. The number of nitrogens with one attached hydrogen (secondary N) is 1. The van der Waals surface area contributed by atoms with Crippen molar-refractivity contribution in [2.24, 2.45) is 5.10 Å². The average molecular weight is 372 g/mol. The maximum absolute atomic E-state index is 12.6. The minimum Gasteiger partial charge on any atom is -0.435 e. The van der Waals surface area contributed by atoms with Crippen molar-refractivity contribution < 1.29 is 13.5 Å². The molecule has 0 aliphatic heterocycles. The van der Waals surface area contributed by atoms with Crippen LogP contribution < -0.4 is 15.7 Å². The highest BCUT2D eigenvalue weighted by Crippen LogP contribution is 2.17. The van der Waals surface area contributed by atoms with Crippen molar-refractivity contribution in [3.05, 3.63) is 64.4 Å². The van der Waals surface area contributed by atoms with Gasteiger partial charge < -0.3 is 4.74 Å². The number of fused-ring (bicyclic) bond motifs is 1. The summed E-state index contributed by atoms with van der Waals surface area (Å²) in [5.74, 6) is 0.354. The van der Waals surface area contributed by atoms with Gasteiger partial charge in [-0.3, -0.25) is 9.36 Å². The van der Waals surface area contributed by atoms with Crippen molar-refractivity contribution in [2.45, 2.75) is 27.0 Å². The van der Waals surface area contributed by atoms with Crippen LogP contribution in [0.3, 0.4) is 0 Å². The molecule has 27 heavy (non-hydrogen) atoms. The van der Waals surface area contributed by atoms with Crippen molar-refractivity contribution in [3.8, 4) is 5.75 Å². The number of halogens is 2. The van der Waals surface area contributed by atoms with Crippen LogP contribution in [0.25, 0.3) is 10.9 Å². The summed E-state index contributed by atoms with van der Waals surface area (Å²) in [6, 6.07) is 13.3. The minimum absolute atomic E-state index is 0.0475. The topological polar surface area (TPSA) is 68.5 Å². The summed E-state index contributed by atoms with van der Waals surface area (Å²) < 4.78 is 30.6. The normalized spacial score (nSPS) is 11.8. The van der Waals surface area contributed by atoms with E-state index in [1.165, 1.54) is 16.7 Å². The molecule has 0 saturated heterocycles. The highest BCUT2D eigenvalue weighted by Gasteiger charge is 2.10. The largest absolute Gasteiger partial charge is 0.435 e. The summed E-state index contributed by atoms with van der Waals surface area (Å²) in [4.78, 5) is 17.0. The van der Waals surface area contributed by atoms with Gasteiger partial charge in [0, 0.05) is 12.1 Å². The number of benzene rings is 2. The predicted octanol–water partition coefficient (Wildman–Crippen LogP) is 3.85. The van der Waals surface area contributed by atoms with E-state index < -0.39 is 6.61 Å². The number of para-hydroxylation sites is 1. The van der Waals surface area contributed by atoms with Crippen LogP contribution in [-0.2, 0) is 6.54 Å². The Morgan fingerprint density at radius 3 is 2.78 bits per heavy atom. The number of nitrogens with zero attached hydrogens (tertiary/aromatic N) is 3. The second-order valence-corrected chi connectivity index (χ2v) is 5.72. The SMILES string of the molecule is CCn1c(N/N=C(/C)c2cccc(OC(F)F)c2)nc2ccccc2c1=O. The Hall–Kier alpha value is -3.29. The lowest BCUT2D eigenvalue weighted by Gasteiger charge is -2.11. The first-order chi connectivity index (χ1) is 13.0. The Morgan fingerprint density at radius 2 is 2.04 bits per heavy atom. The Balaban J connectivity index is 1.92. The van der Waals surface area contributed by atoms with Crippen LogP contribution in [0.15, 0.2) is 58.4 Å². The molecule has 0 unspecified atom stereocenters. The van der Waals surface area contributed by atoms with E-state index in [1.807, 2.05) is 6.92 Å². The fraction of sp³-hybridized carbons (Fsp3) is 0.211. The van der Waals surface area contributed by atoms with E-state index in [-0.39, 0.29) is 11.3 Å². The number of aromatic nitrogens is 2. The van der Waals surface area contributed by atoms with Crippen LogP contribution in [-0.4, -0.2) is 21.9 Å². The third-order valence-corrected chi connectivity index (χ3v) is 3.98. The zero-order valence-corrected chi connectivity index (χ0v) is 14.8. The molecular weight excluding hydrogens is 354 g/mol. The standard InChI is InChI=1S/C19H18F2N4O2/c1-3-25-17(26)15-9-4-5-10-16(15)22-19(25)24-23-12(2)13-7-6-8-14(11-13)27-18(20)21/h4-11,18H,3H2,1-2H3,(H,22,24)/b23-12-. The molecule has 0 aliphatic rings. The van der Waals surface area contributed by atoms with Gasteiger partial charge in [0.1, 0.15) is 5.75 Å². The average Bonchev–Trinajstić information content (AvgIpc) is 2.66. The molecule has 0 radical (unpaired) electrons. The fourth-order valence-electron chi connectivity index (χ4n) is 2.64. The second kappa shape index (κ2) is 7.94. The number of anilines is 1. The fourth-order valence-corrected chi connectivity index (χ4v) is 2.64. The van der Waals surface area contributed by atoms with Gasteiger partial charge in [-0.2, -0.15) is 13.9 Å². The summed E-state index contributed by atoms with van der Waals surface area (Å²) >= 11 is 0. The zero-order chi connectivity index (χ0) is 19.4. The van der Waals surface area contributed by atoms with E-state index in [9.17, 15) is 13.6 Å². The van der Waals surface area contributed by atoms with E-state index >= 15 is 0 Å². The number of alkyl halides is 2. The van der Waals surface area contributed by atoms with Gasteiger partial charge in [-0.15, -0.1) is 0 Å². The highest BCUT2D eigenvalue weighted by molar-refractivity contribution is 5.99. The predicted molar refractivity (Wildman–Crippen MR) is 101 cm³/mol. The number of hydrazone groups is 1. The third kappa shape index (κ3) is 4.11. The van der Waals surface area contributed by atoms with Crippen molar-refractivity contribution in [1.82, 2.24) is 9.55 Å². The van der Waals surface area contributed by atoms with Gasteiger partial charge >= 0.3 is 6.61 Å². The summed E-state index contributed by atoms with van der Waals surface area (Å²) in [5.41, 5.74) is 4.34. The van der Waals surface area contributed by atoms with Crippen LogP contribution in [0.5, 0.6) is 5.75 Å². The van der Waals surface area contributed by atoms with Crippen molar-refractivity contribution in [2.75, 3.05) is 5.43 Å². The van der Waals surface area contributed by atoms with Crippen LogP contribution in [0.4, 0.5) is 14.7 Å². The van der Waals surface area contributed by atoms with E-state index in [2.05, 4.69) is 20.2 Å². The van der Waals surface area contributed by atoms with Crippen LogP contribution in [0, 0.1) is 0 Å². The molecule has 3 rings (SSSR count). The highest BCUT2D eigenvalue weighted by atomic mass is 19.3. The van der Waals surface area contributed by atoms with Gasteiger partial charge in [0.15, 0.2) is 0 Å². The van der Waals surface area contributed by atoms with E-state index in [1.54, 1.807) is 43.3 Å². The van der Waals surface area contributed by atoms with Gasteiger partial charge in [0.25, 0.3) is 5.56 Å². The Bertz CT molecular complexity index is 1050. The molecule has 8 heteroatoms. The summed E-state index contributed by atoms with van der Waals surface area (Å²) in [6.45, 7) is 1.08. The minimum atomic E-state index is -2.89. The molecule has 0 fully saturated rings. The molecule has 0 aliphatic carbocycles. The lowest BCUT2D eigenvalue weighted by atomic mass is 10.1. The quantitative estimate of drug-likeness (QED) is 0.527. The molecular formula is C19H18F2N4O2. The maximum atomic E-state index is 12.6. The van der Waals surface area contributed by atoms with Crippen LogP contribution in [0.2, 0.25) is 0 Å². The molecule has 140 valence electrons. The smallest absolute Gasteiger partial charge is 0.387 e.